The number of anilines is 1. The highest BCUT2D eigenvalue weighted by atomic mass is 16.3. The molecule has 3 heteroatoms. The van der Waals surface area contributed by atoms with Crippen molar-refractivity contribution in [2.24, 2.45) is 5.92 Å². The van der Waals surface area contributed by atoms with E-state index in [1.165, 1.54) is 5.57 Å². The summed E-state index contributed by atoms with van der Waals surface area (Å²) in [6.45, 7) is 2.20. The van der Waals surface area contributed by atoms with Crippen molar-refractivity contribution < 1.29 is 9.90 Å². The minimum Gasteiger partial charge on any atom is -0.396 e. The van der Waals surface area contributed by atoms with Crippen LogP contribution in [0.15, 0.2) is 91.0 Å². The fourth-order valence-corrected chi connectivity index (χ4v) is 5.41. The van der Waals surface area contributed by atoms with Crippen LogP contribution in [0.25, 0.3) is 5.57 Å². The molecule has 150 valence electrons. The number of aliphatic hydroxyl groups excluding tert-OH is 1. The molecule has 0 fully saturated rings. The Hall–Kier alpha value is -3.17. The third kappa shape index (κ3) is 2.52. The van der Waals surface area contributed by atoms with Crippen LogP contribution >= 0.6 is 0 Å². The van der Waals surface area contributed by atoms with E-state index in [1.54, 1.807) is 0 Å². The number of para-hydroxylation sites is 1. The van der Waals surface area contributed by atoms with Gasteiger partial charge in [-0.15, -0.1) is 0 Å². The maximum atomic E-state index is 14.0. The number of Topliss-reactive ketones (excluding diaryl/α,β-unsaturated/α-hetero) is 1. The van der Waals surface area contributed by atoms with E-state index in [0.717, 1.165) is 22.4 Å². The first-order valence-electron chi connectivity index (χ1n) is 10.6. The SMILES string of the molecule is C[C@@H]1C=C(c2ccccc2)[C@@H](CCO)N2c3ccccc3C(=O)[C@]12c1ccccc1. The molecule has 2 heterocycles. The van der Waals surface area contributed by atoms with E-state index in [1.807, 2.05) is 60.7 Å². The zero-order chi connectivity index (χ0) is 20.7. The van der Waals surface area contributed by atoms with Gasteiger partial charge in [0, 0.05) is 23.8 Å². The first kappa shape index (κ1) is 18.8. The summed E-state index contributed by atoms with van der Waals surface area (Å²) in [5.41, 5.74) is 4.24. The summed E-state index contributed by atoms with van der Waals surface area (Å²) in [6.07, 6.45) is 2.81. The molecule has 0 unspecified atom stereocenters. The number of rotatable bonds is 4. The Bertz CT molecular complexity index is 1110. The summed E-state index contributed by atoms with van der Waals surface area (Å²) in [5.74, 6) is 0.105. The van der Waals surface area contributed by atoms with E-state index in [-0.39, 0.29) is 24.3 Å². The molecule has 0 amide bonds. The molecular weight excluding hydrogens is 370 g/mol. The maximum Gasteiger partial charge on any atom is 0.195 e. The van der Waals surface area contributed by atoms with E-state index in [4.69, 9.17) is 0 Å². The predicted molar refractivity (Wildman–Crippen MR) is 120 cm³/mol. The van der Waals surface area contributed by atoms with Gasteiger partial charge in [0.1, 0.15) is 5.54 Å². The molecule has 3 nitrogen and oxygen atoms in total. The monoisotopic (exact) mass is 395 g/mol. The summed E-state index contributed by atoms with van der Waals surface area (Å²) < 4.78 is 0. The van der Waals surface area contributed by atoms with Crippen molar-refractivity contribution >= 4 is 17.0 Å². The number of carbonyl (C=O) groups excluding carboxylic acids is 1. The van der Waals surface area contributed by atoms with Crippen LogP contribution in [0.4, 0.5) is 5.69 Å². The number of nitrogens with zero attached hydrogens (tertiary/aromatic N) is 1. The van der Waals surface area contributed by atoms with Crippen LogP contribution in [0, 0.1) is 5.92 Å². The summed E-state index contributed by atoms with van der Waals surface area (Å²) >= 11 is 0. The number of fused-ring (bicyclic) bond motifs is 3. The molecular formula is C27H25NO2. The lowest BCUT2D eigenvalue weighted by Crippen LogP contribution is -2.59. The van der Waals surface area contributed by atoms with Crippen molar-refractivity contribution in [3.05, 3.63) is 108 Å². The van der Waals surface area contributed by atoms with Crippen molar-refractivity contribution in [2.75, 3.05) is 11.5 Å². The predicted octanol–water partition coefficient (Wildman–Crippen LogP) is 5.07. The Morgan fingerprint density at radius 1 is 0.900 bits per heavy atom. The quantitative estimate of drug-likeness (QED) is 0.671. The number of ketones is 1. The Morgan fingerprint density at radius 2 is 1.53 bits per heavy atom. The van der Waals surface area contributed by atoms with Crippen molar-refractivity contribution in [1.82, 2.24) is 0 Å². The zero-order valence-corrected chi connectivity index (χ0v) is 17.0. The molecule has 2 aliphatic rings. The lowest BCUT2D eigenvalue weighted by molar-refractivity contribution is 0.0851. The fraction of sp³-hybridized carbons (Fsp3) is 0.222. The van der Waals surface area contributed by atoms with Gasteiger partial charge in [-0.05, 0) is 35.3 Å². The molecule has 0 saturated carbocycles. The van der Waals surface area contributed by atoms with Crippen LogP contribution in [-0.4, -0.2) is 23.5 Å². The molecule has 3 atom stereocenters. The molecule has 0 spiro atoms. The molecule has 0 radical (unpaired) electrons. The number of carbonyl (C=O) groups is 1. The number of benzene rings is 3. The zero-order valence-electron chi connectivity index (χ0n) is 17.0. The van der Waals surface area contributed by atoms with Crippen molar-refractivity contribution in [3.8, 4) is 0 Å². The van der Waals surface area contributed by atoms with Crippen LogP contribution in [0.3, 0.4) is 0 Å². The Balaban J connectivity index is 1.81. The second kappa shape index (κ2) is 7.26. The van der Waals surface area contributed by atoms with E-state index < -0.39 is 5.54 Å². The molecule has 0 saturated heterocycles. The summed E-state index contributed by atoms with van der Waals surface area (Å²) in [5, 5.41) is 10.00. The van der Waals surface area contributed by atoms with Crippen LogP contribution in [0.5, 0.6) is 0 Å². The largest absolute Gasteiger partial charge is 0.396 e. The van der Waals surface area contributed by atoms with Crippen LogP contribution in [-0.2, 0) is 5.54 Å². The van der Waals surface area contributed by atoms with Crippen LogP contribution < -0.4 is 4.90 Å². The lowest BCUT2D eigenvalue weighted by Gasteiger charge is -2.51. The highest BCUT2D eigenvalue weighted by Crippen LogP contribution is 2.55. The molecule has 0 bridgehead atoms. The van der Waals surface area contributed by atoms with E-state index >= 15 is 0 Å². The van der Waals surface area contributed by atoms with E-state index in [2.05, 4.69) is 42.2 Å². The van der Waals surface area contributed by atoms with Gasteiger partial charge in [0.05, 0.1) is 6.04 Å². The van der Waals surface area contributed by atoms with Crippen molar-refractivity contribution in [1.29, 1.82) is 0 Å². The molecule has 1 N–H and O–H groups in total. The average Bonchev–Trinajstić information content (AvgIpc) is 3.07. The van der Waals surface area contributed by atoms with Gasteiger partial charge < -0.3 is 10.0 Å². The summed E-state index contributed by atoms with van der Waals surface area (Å²) in [6, 6.07) is 28.2. The number of hydrogen-bond acceptors (Lipinski definition) is 3. The molecule has 0 aromatic heterocycles. The number of hydrogen-bond donors (Lipinski definition) is 1. The van der Waals surface area contributed by atoms with Gasteiger partial charge in [0.25, 0.3) is 0 Å². The molecule has 30 heavy (non-hydrogen) atoms. The van der Waals surface area contributed by atoms with Gasteiger partial charge in [-0.2, -0.15) is 0 Å². The summed E-state index contributed by atoms with van der Waals surface area (Å²) in [4.78, 5) is 16.3. The molecule has 5 rings (SSSR count). The molecule has 3 aromatic carbocycles. The summed E-state index contributed by atoms with van der Waals surface area (Å²) in [7, 11) is 0. The van der Waals surface area contributed by atoms with Crippen LogP contribution in [0.2, 0.25) is 0 Å². The topological polar surface area (TPSA) is 40.5 Å². The normalized spacial score (nSPS) is 24.9. The maximum absolute atomic E-state index is 14.0. The van der Waals surface area contributed by atoms with Gasteiger partial charge in [0.15, 0.2) is 5.78 Å². The molecule has 2 aliphatic heterocycles. The second-order valence-electron chi connectivity index (χ2n) is 8.15. The minimum absolute atomic E-state index is 0.0371. The Labute approximate surface area is 177 Å². The third-order valence-corrected chi connectivity index (χ3v) is 6.62. The number of aliphatic hydroxyl groups is 1. The Morgan fingerprint density at radius 3 is 2.23 bits per heavy atom. The van der Waals surface area contributed by atoms with Crippen LogP contribution in [0.1, 0.15) is 34.8 Å². The van der Waals surface area contributed by atoms with E-state index in [9.17, 15) is 9.90 Å². The fourth-order valence-electron chi connectivity index (χ4n) is 5.41. The van der Waals surface area contributed by atoms with Gasteiger partial charge in [-0.1, -0.05) is 85.8 Å². The first-order valence-corrected chi connectivity index (χ1v) is 10.6. The van der Waals surface area contributed by atoms with Gasteiger partial charge in [0.2, 0.25) is 0 Å². The van der Waals surface area contributed by atoms with Gasteiger partial charge >= 0.3 is 0 Å². The minimum atomic E-state index is -0.803. The lowest BCUT2D eigenvalue weighted by atomic mass is 9.69. The third-order valence-electron chi connectivity index (χ3n) is 6.62. The standard InChI is InChI=1S/C27H25NO2/c1-19-18-23(20-10-4-2-5-11-20)25(16-17-29)28-24-15-9-8-14-22(24)26(30)27(19,28)21-12-6-3-7-13-21/h2-15,18-19,25,29H,16-17H2,1H3/t19-,25-,27-/m1/s1. The smallest absolute Gasteiger partial charge is 0.195 e. The van der Waals surface area contributed by atoms with Crippen molar-refractivity contribution in [3.63, 3.8) is 0 Å². The molecule has 3 aromatic rings. The van der Waals surface area contributed by atoms with Gasteiger partial charge in [-0.3, -0.25) is 4.79 Å². The van der Waals surface area contributed by atoms with Crippen molar-refractivity contribution in [2.45, 2.75) is 24.9 Å². The highest BCUT2D eigenvalue weighted by Gasteiger charge is 2.59. The second-order valence-corrected chi connectivity index (χ2v) is 8.15. The highest BCUT2D eigenvalue weighted by molar-refractivity contribution is 6.16. The average molecular weight is 396 g/mol. The van der Waals surface area contributed by atoms with E-state index in [0.29, 0.717) is 6.42 Å². The first-order chi connectivity index (χ1) is 14.7. The Kier molecular flexibility index (Phi) is 4.56. The molecule has 0 aliphatic carbocycles. The van der Waals surface area contributed by atoms with Gasteiger partial charge in [-0.25, -0.2) is 0 Å².